The van der Waals surface area contributed by atoms with Crippen LogP contribution in [0.25, 0.3) is 0 Å². The van der Waals surface area contributed by atoms with Crippen molar-refractivity contribution in [3.05, 3.63) is 56.2 Å². The van der Waals surface area contributed by atoms with Gasteiger partial charge in [0.25, 0.3) is 0 Å². The van der Waals surface area contributed by atoms with Gasteiger partial charge in [-0.2, -0.15) is 0 Å². The molecule has 0 aliphatic rings. The van der Waals surface area contributed by atoms with Crippen molar-refractivity contribution in [1.29, 1.82) is 0 Å². The molecule has 0 aliphatic heterocycles. The Hall–Kier alpha value is -0.540. The van der Waals surface area contributed by atoms with E-state index in [-0.39, 0.29) is 0 Å². The Kier molecular flexibility index (Phi) is 4.24. The Balaban J connectivity index is 1.89. The normalized spacial score (nSPS) is 10.6. The van der Waals surface area contributed by atoms with Crippen LogP contribution in [0.15, 0.2) is 35.7 Å². The van der Waals surface area contributed by atoms with E-state index in [9.17, 15) is 0 Å². The molecule has 1 aromatic heterocycles. The van der Waals surface area contributed by atoms with E-state index in [1.807, 2.05) is 12.1 Å². The minimum absolute atomic E-state index is 0.681. The smallest absolute Gasteiger partial charge is 0.0424 e. The van der Waals surface area contributed by atoms with Gasteiger partial charge in [-0.1, -0.05) is 29.3 Å². The summed E-state index contributed by atoms with van der Waals surface area (Å²) in [6, 6.07) is 9.76. The van der Waals surface area contributed by atoms with Crippen LogP contribution in [-0.2, 0) is 13.1 Å². The first-order valence-electron chi connectivity index (χ1n) is 4.92. The molecule has 0 saturated carbocycles. The molecule has 0 atom stereocenters. The van der Waals surface area contributed by atoms with Gasteiger partial charge in [0.2, 0.25) is 0 Å². The highest BCUT2D eigenvalue weighted by Crippen LogP contribution is 2.19. The summed E-state index contributed by atoms with van der Waals surface area (Å²) in [6.07, 6.45) is 0. The number of rotatable bonds is 4. The van der Waals surface area contributed by atoms with Gasteiger partial charge in [-0.3, -0.25) is 0 Å². The Morgan fingerprint density at radius 2 is 1.81 bits per heavy atom. The molecule has 84 valence electrons. The average Bonchev–Trinajstić information content (AvgIpc) is 2.69. The van der Waals surface area contributed by atoms with E-state index in [1.165, 1.54) is 4.88 Å². The highest BCUT2D eigenvalue weighted by molar-refractivity contribution is 7.09. The molecule has 1 nitrogen and oxygen atoms in total. The third-order valence-corrected chi connectivity index (χ3v) is 3.44. The first kappa shape index (κ1) is 11.9. The van der Waals surface area contributed by atoms with Gasteiger partial charge in [-0.25, -0.2) is 0 Å². The zero-order valence-electron chi connectivity index (χ0n) is 8.54. The first-order valence-corrected chi connectivity index (χ1v) is 6.55. The van der Waals surface area contributed by atoms with Crippen LogP contribution < -0.4 is 5.32 Å². The molecule has 1 N–H and O–H groups in total. The number of halogens is 2. The summed E-state index contributed by atoms with van der Waals surface area (Å²) in [7, 11) is 0. The first-order chi connectivity index (χ1) is 7.74. The van der Waals surface area contributed by atoms with Crippen molar-refractivity contribution in [2.24, 2.45) is 0 Å². The molecule has 0 spiro atoms. The summed E-state index contributed by atoms with van der Waals surface area (Å²) in [4.78, 5) is 1.33. The lowest BCUT2D eigenvalue weighted by Gasteiger charge is -2.04. The SMILES string of the molecule is Clc1cc(Cl)cc(CNCc2cccs2)c1. The van der Waals surface area contributed by atoms with E-state index in [0.29, 0.717) is 10.0 Å². The lowest BCUT2D eigenvalue weighted by molar-refractivity contribution is 0.701. The zero-order chi connectivity index (χ0) is 11.4. The molecule has 2 aromatic rings. The third kappa shape index (κ3) is 3.49. The topological polar surface area (TPSA) is 12.0 Å². The summed E-state index contributed by atoms with van der Waals surface area (Å²) in [5.41, 5.74) is 1.11. The molecule has 1 aromatic carbocycles. The fraction of sp³-hybridized carbons (Fsp3) is 0.167. The summed E-state index contributed by atoms with van der Waals surface area (Å²) in [6.45, 7) is 1.65. The lowest BCUT2D eigenvalue weighted by Crippen LogP contribution is -2.11. The minimum atomic E-state index is 0.681. The van der Waals surface area contributed by atoms with Gasteiger partial charge < -0.3 is 5.32 Å². The molecular weight excluding hydrogens is 261 g/mol. The van der Waals surface area contributed by atoms with Crippen LogP contribution in [0, 0.1) is 0 Å². The lowest BCUT2D eigenvalue weighted by atomic mass is 10.2. The highest BCUT2D eigenvalue weighted by Gasteiger charge is 1.98. The average molecular weight is 272 g/mol. The molecule has 16 heavy (non-hydrogen) atoms. The van der Waals surface area contributed by atoms with Gasteiger partial charge >= 0.3 is 0 Å². The highest BCUT2D eigenvalue weighted by atomic mass is 35.5. The Morgan fingerprint density at radius 3 is 2.44 bits per heavy atom. The zero-order valence-corrected chi connectivity index (χ0v) is 10.9. The van der Waals surface area contributed by atoms with Crippen LogP contribution in [0.2, 0.25) is 10.0 Å². The maximum absolute atomic E-state index is 5.92. The van der Waals surface area contributed by atoms with Crippen molar-refractivity contribution in [2.45, 2.75) is 13.1 Å². The number of thiophene rings is 1. The Morgan fingerprint density at radius 1 is 1.06 bits per heavy atom. The van der Waals surface area contributed by atoms with Crippen LogP contribution in [0.4, 0.5) is 0 Å². The van der Waals surface area contributed by atoms with Gasteiger partial charge in [0.15, 0.2) is 0 Å². The van der Waals surface area contributed by atoms with Crippen LogP contribution in [-0.4, -0.2) is 0 Å². The maximum Gasteiger partial charge on any atom is 0.0424 e. The monoisotopic (exact) mass is 271 g/mol. The molecular formula is C12H11Cl2NS. The molecule has 0 bridgehead atoms. The number of benzene rings is 1. The van der Waals surface area contributed by atoms with Gasteiger partial charge in [-0.15, -0.1) is 11.3 Å². The molecule has 0 fully saturated rings. The van der Waals surface area contributed by atoms with Crippen molar-refractivity contribution < 1.29 is 0 Å². The molecule has 0 amide bonds. The maximum atomic E-state index is 5.92. The second-order valence-electron chi connectivity index (χ2n) is 3.46. The number of hydrogen-bond acceptors (Lipinski definition) is 2. The Bertz CT molecular complexity index is 434. The summed E-state index contributed by atoms with van der Waals surface area (Å²) >= 11 is 13.6. The molecule has 4 heteroatoms. The van der Waals surface area contributed by atoms with E-state index in [2.05, 4.69) is 22.8 Å². The predicted molar refractivity (Wildman–Crippen MR) is 71.3 cm³/mol. The molecule has 1 heterocycles. The fourth-order valence-electron chi connectivity index (χ4n) is 1.46. The standard InChI is InChI=1S/C12H11Cl2NS/c13-10-4-9(5-11(14)6-10)7-15-8-12-2-1-3-16-12/h1-6,15H,7-8H2. The van der Waals surface area contributed by atoms with E-state index in [1.54, 1.807) is 17.4 Å². The van der Waals surface area contributed by atoms with Crippen molar-refractivity contribution in [3.8, 4) is 0 Å². The van der Waals surface area contributed by atoms with Crippen LogP contribution in [0.5, 0.6) is 0 Å². The van der Waals surface area contributed by atoms with Gasteiger partial charge in [-0.05, 0) is 35.2 Å². The molecule has 2 rings (SSSR count). The predicted octanol–water partition coefficient (Wildman–Crippen LogP) is 4.34. The van der Waals surface area contributed by atoms with E-state index < -0.39 is 0 Å². The van der Waals surface area contributed by atoms with Crippen molar-refractivity contribution >= 4 is 34.5 Å². The van der Waals surface area contributed by atoms with E-state index in [0.717, 1.165) is 18.7 Å². The fourth-order valence-corrected chi connectivity index (χ4v) is 2.70. The van der Waals surface area contributed by atoms with Crippen molar-refractivity contribution in [2.75, 3.05) is 0 Å². The molecule has 0 saturated heterocycles. The van der Waals surface area contributed by atoms with Gasteiger partial charge in [0.05, 0.1) is 0 Å². The van der Waals surface area contributed by atoms with Crippen LogP contribution in [0.1, 0.15) is 10.4 Å². The minimum Gasteiger partial charge on any atom is -0.308 e. The second-order valence-corrected chi connectivity index (χ2v) is 5.37. The van der Waals surface area contributed by atoms with E-state index >= 15 is 0 Å². The quantitative estimate of drug-likeness (QED) is 0.872. The molecule has 0 radical (unpaired) electrons. The third-order valence-electron chi connectivity index (χ3n) is 2.13. The van der Waals surface area contributed by atoms with Gasteiger partial charge in [0.1, 0.15) is 0 Å². The molecule has 0 unspecified atom stereocenters. The van der Waals surface area contributed by atoms with Crippen molar-refractivity contribution in [3.63, 3.8) is 0 Å². The number of nitrogens with one attached hydrogen (secondary N) is 1. The second kappa shape index (κ2) is 5.69. The van der Waals surface area contributed by atoms with Crippen LogP contribution >= 0.6 is 34.5 Å². The van der Waals surface area contributed by atoms with Crippen LogP contribution in [0.3, 0.4) is 0 Å². The Labute approximate surface area is 109 Å². The molecule has 0 aliphatic carbocycles. The van der Waals surface area contributed by atoms with E-state index in [4.69, 9.17) is 23.2 Å². The largest absolute Gasteiger partial charge is 0.308 e. The summed E-state index contributed by atoms with van der Waals surface area (Å²) in [5.74, 6) is 0. The number of hydrogen-bond donors (Lipinski definition) is 1. The van der Waals surface area contributed by atoms with Crippen molar-refractivity contribution in [1.82, 2.24) is 5.32 Å². The van der Waals surface area contributed by atoms with Gasteiger partial charge in [0, 0.05) is 28.0 Å². The summed E-state index contributed by atoms with van der Waals surface area (Å²) < 4.78 is 0. The summed E-state index contributed by atoms with van der Waals surface area (Å²) in [5, 5.41) is 6.79.